The number of rotatable bonds is 5. The van der Waals surface area contributed by atoms with Crippen LogP contribution in [0.15, 0.2) is 6.20 Å². The van der Waals surface area contributed by atoms with Crippen LogP contribution in [0.25, 0.3) is 0 Å². The molecular weight excluding hydrogens is 318 g/mol. The smallest absolute Gasteiger partial charge is 0.239 e. The van der Waals surface area contributed by atoms with Crippen molar-refractivity contribution >= 4 is 17.8 Å². The third-order valence-electron chi connectivity index (χ3n) is 4.49. The average molecular weight is 347 g/mol. The highest BCUT2D eigenvalue weighted by Crippen LogP contribution is 2.20. The van der Waals surface area contributed by atoms with Crippen LogP contribution in [0.1, 0.15) is 63.3 Å². The van der Waals surface area contributed by atoms with Crippen molar-refractivity contribution in [2.24, 2.45) is 0 Å². The second-order valence-corrected chi connectivity index (χ2v) is 6.66. The van der Waals surface area contributed by atoms with Crippen LogP contribution in [0.2, 0.25) is 0 Å². The SMILES string of the molecule is CC(=O)NCC(=O)N[C@H](C)c1cnc(N2CCCCCCC2)nc1C. The third kappa shape index (κ3) is 5.99. The van der Waals surface area contributed by atoms with Crippen molar-refractivity contribution in [2.75, 3.05) is 24.5 Å². The molecule has 0 unspecified atom stereocenters. The number of carbonyl (C=O) groups excluding carboxylic acids is 2. The van der Waals surface area contributed by atoms with Crippen molar-refractivity contribution in [1.29, 1.82) is 0 Å². The van der Waals surface area contributed by atoms with Gasteiger partial charge in [0.25, 0.3) is 0 Å². The van der Waals surface area contributed by atoms with E-state index in [1.807, 2.05) is 13.8 Å². The number of aromatic nitrogens is 2. The molecule has 1 atom stereocenters. The third-order valence-corrected chi connectivity index (χ3v) is 4.49. The van der Waals surface area contributed by atoms with E-state index in [-0.39, 0.29) is 24.4 Å². The second kappa shape index (κ2) is 9.34. The minimum absolute atomic E-state index is 0.0224. The zero-order valence-electron chi connectivity index (χ0n) is 15.5. The molecule has 7 nitrogen and oxygen atoms in total. The molecular formula is C18H29N5O2. The zero-order valence-corrected chi connectivity index (χ0v) is 15.5. The van der Waals surface area contributed by atoms with Crippen LogP contribution in [0.4, 0.5) is 5.95 Å². The van der Waals surface area contributed by atoms with Gasteiger partial charge in [0.15, 0.2) is 0 Å². The molecule has 25 heavy (non-hydrogen) atoms. The van der Waals surface area contributed by atoms with Gasteiger partial charge < -0.3 is 15.5 Å². The molecule has 1 fully saturated rings. The molecule has 0 radical (unpaired) electrons. The van der Waals surface area contributed by atoms with E-state index in [1.165, 1.54) is 39.0 Å². The lowest BCUT2D eigenvalue weighted by Gasteiger charge is -2.25. The van der Waals surface area contributed by atoms with Crippen LogP contribution in [-0.4, -0.2) is 41.4 Å². The van der Waals surface area contributed by atoms with Crippen LogP contribution in [0, 0.1) is 6.92 Å². The number of amides is 2. The summed E-state index contributed by atoms with van der Waals surface area (Å²) < 4.78 is 0. The van der Waals surface area contributed by atoms with Crippen molar-refractivity contribution in [3.05, 3.63) is 17.5 Å². The van der Waals surface area contributed by atoms with Gasteiger partial charge in [-0.25, -0.2) is 9.97 Å². The van der Waals surface area contributed by atoms with Gasteiger partial charge in [0.05, 0.1) is 12.6 Å². The Balaban J connectivity index is 2.00. The summed E-state index contributed by atoms with van der Waals surface area (Å²) in [6, 6.07) is -0.206. The minimum Gasteiger partial charge on any atom is -0.348 e. The summed E-state index contributed by atoms with van der Waals surface area (Å²) in [5.41, 5.74) is 1.77. The maximum absolute atomic E-state index is 11.9. The van der Waals surface area contributed by atoms with Gasteiger partial charge in [-0.05, 0) is 26.7 Å². The predicted molar refractivity (Wildman–Crippen MR) is 97.3 cm³/mol. The van der Waals surface area contributed by atoms with Gasteiger partial charge in [0.2, 0.25) is 17.8 Å². The van der Waals surface area contributed by atoms with E-state index in [0.29, 0.717) is 0 Å². The first kappa shape index (κ1) is 19.1. The fraction of sp³-hybridized carbons (Fsp3) is 0.667. The first-order valence-corrected chi connectivity index (χ1v) is 9.09. The standard InChI is InChI=1S/C18H29N5O2/c1-13(21-17(25)12-19-15(3)24)16-11-20-18(22-14(16)2)23-9-7-5-4-6-8-10-23/h11,13H,4-10,12H2,1-3H3,(H,19,24)(H,21,25)/t13-/m1/s1. The number of anilines is 1. The number of hydrogen-bond acceptors (Lipinski definition) is 5. The van der Waals surface area contributed by atoms with Crippen molar-refractivity contribution < 1.29 is 9.59 Å². The Kier molecular flexibility index (Phi) is 7.16. The normalized spacial score (nSPS) is 16.5. The molecule has 2 rings (SSSR count). The topological polar surface area (TPSA) is 87.2 Å². The highest BCUT2D eigenvalue weighted by atomic mass is 16.2. The number of aryl methyl sites for hydroxylation is 1. The van der Waals surface area contributed by atoms with Gasteiger partial charge >= 0.3 is 0 Å². The van der Waals surface area contributed by atoms with Gasteiger partial charge in [0.1, 0.15) is 0 Å². The molecule has 1 aromatic heterocycles. The Bertz CT molecular complexity index is 597. The summed E-state index contributed by atoms with van der Waals surface area (Å²) in [7, 11) is 0. The van der Waals surface area contributed by atoms with Gasteiger partial charge in [-0.3, -0.25) is 9.59 Å². The van der Waals surface area contributed by atoms with Crippen LogP contribution < -0.4 is 15.5 Å². The second-order valence-electron chi connectivity index (χ2n) is 6.66. The largest absolute Gasteiger partial charge is 0.348 e. The summed E-state index contributed by atoms with van der Waals surface area (Å²) in [6.45, 7) is 7.21. The van der Waals surface area contributed by atoms with Crippen LogP contribution in [0.5, 0.6) is 0 Å². The summed E-state index contributed by atoms with van der Waals surface area (Å²) in [4.78, 5) is 34.2. The number of nitrogens with zero attached hydrogens (tertiary/aromatic N) is 3. The first-order chi connectivity index (χ1) is 12.0. The van der Waals surface area contributed by atoms with Gasteiger partial charge in [-0.15, -0.1) is 0 Å². The highest BCUT2D eigenvalue weighted by Gasteiger charge is 2.17. The minimum atomic E-state index is -0.227. The van der Waals surface area contributed by atoms with Crippen molar-refractivity contribution in [1.82, 2.24) is 20.6 Å². The van der Waals surface area contributed by atoms with Crippen LogP contribution in [0.3, 0.4) is 0 Å². The summed E-state index contributed by atoms with van der Waals surface area (Å²) in [5.74, 6) is 0.329. The van der Waals surface area contributed by atoms with E-state index in [1.54, 1.807) is 6.20 Å². The van der Waals surface area contributed by atoms with Crippen molar-refractivity contribution in [2.45, 2.75) is 58.9 Å². The van der Waals surface area contributed by atoms with Gasteiger partial charge in [0, 0.05) is 37.5 Å². The predicted octanol–water partition coefficient (Wildman–Crippen LogP) is 1.87. The molecule has 2 heterocycles. The molecule has 1 aliphatic rings. The molecule has 138 valence electrons. The molecule has 0 aromatic carbocycles. The Hall–Kier alpha value is -2.18. The quantitative estimate of drug-likeness (QED) is 0.849. The molecule has 0 aliphatic carbocycles. The Morgan fingerprint density at radius 2 is 1.84 bits per heavy atom. The summed E-state index contributed by atoms with van der Waals surface area (Å²) in [5, 5.41) is 5.35. The summed E-state index contributed by atoms with van der Waals surface area (Å²) >= 11 is 0. The molecule has 1 aliphatic heterocycles. The maximum Gasteiger partial charge on any atom is 0.239 e. The van der Waals surface area contributed by atoms with E-state index in [9.17, 15) is 9.59 Å². The van der Waals surface area contributed by atoms with E-state index in [0.717, 1.165) is 30.3 Å². The number of nitrogens with one attached hydrogen (secondary N) is 2. The Morgan fingerprint density at radius 1 is 1.20 bits per heavy atom. The molecule has 0 spiro atoms. The fourth-order valence-electron chi connectivity index (χ4n) is 3.06. The monoisotopic (exact) mass is 347 g/mol. The Morgan fingerprint density at radius 3 is 2.44 bits per heavy atom. The molecule has 1 aromatic rings. The molecule has 1 saturated heterocycles. The lowest BCUT2D eigenvalue weighted by Crippen LogP contribution is -2.37. The highest BCUT2D eigenvalue weighted by molar-refractivity contribution is 5.83. The fourth-order valence-corrected chi connectivity index (χ4v) is 3.06. The van der Waals surface area contributed by atoms with Crippen molar-refractivity contribution in [3.8, 4) is 0 Å². The van der Waals surface area contributed by atoms with E-state index >= 15 is 0 Å². The summed E-state index contributed by atoms with van der Waals surface area (Å²) in [6.07, 6.45) is 8.03. The van der Waals surface area contributed by atoms with Crippen LogP contribution >= 0.6 is 0 Å². The lowest BCUT2D eigenvalue weighted by atomic mass is 10.1. The average Bonchev–Trinajstić information content (AvgIpc) is 2.52. The van der Waals surface area contributed by atoms with E-state index in [2.05, 4.69) is 25.5 Å². The molecule has 2 amide bonds. The molecule has 2 N–H and O–H groups in total. The maximum atomic E-state index is 11.9. The number of carbonyl (C=O) groups is 2. The van der Waals surface area contributed by atoms with E-state index in [4.69, 9.17) is 0 Å². The van der Waals surface area contributed by atoms with Crippen molar-refractivity contribution in [3.63, 3.8) is 0 Å². The first-order valence-electron chi connectivity index (χ1n) is 9.09. The van der Waals surface area contributed by atoms with Gasteiger partial charge in [-0.1, -0.05) is 19.3 Å². The zero-order chi connectivity index (χ0) is 18.2. The Labute approximate surface area is 149 Å². The molecule has 0 bridgehead atoms. The van der Waals surface area contributed by atoms with Gasteiger partial charge in [-0.2, -0.15) is 0 Å². The lowest BCUT2D eigenvalue weighted by molar-refractivity contribution is -0.125. The molecule has 7 heteroatoms. The number of hydrogen-bond donors (Lipinski definition) is 2. The van der Waals surface area contributed by atoms with E-state index < -0.39 is 0 Å². The molecule has 0 saturated carbocycles. The van der Waals surface area contributed by atoms with Crippen LogP contribution in [-0.2, 0) is 9.59 Å².